The van der Waals surface area contributed by atoms with Crippen molar-refractivity contribution < 1.29 is 9.53 Å². The number of nitrogens with one attached hydrogen (secondary N) is 2. The Bertz CT molecular complexity index is 998. The Labute approximate surface area is 191 Å². The van der Waals surface area contributed by atoms with Gasteiger partial charge in [0, 0.05) is 17.6 Å². The van der Waals surface area contributed by atoms with Crippen LogP contribution in [0, 0.1) is 0 Å². The van der Waals surface area contributed by atoms with Crippen LogP contribution in [-0.2, 0) is 0 Å². The number of aromatic nitrogens is 1. The van der Waals surface area contributed by atoms with Gasteiger partial charge in [0.05, 0.1) is 18.2 Å². The molecule has 0 spiro atoms. The van der Waals surface area contributed by atoms with Crippen molar-refractivity contribution in [2.75, 3.05) is 38.6 Å². The molecule has 0 fully saturated rings. The Balaban J connectivity index is 1.70. The van der Waals surface area contributed by atoms with Gasteiger partial charge in [-0.3, -0.25) is 4.79 Å². The van der Waals surface area contributed by atoms with Gasteiger partial charge in [-0.2, -0.15) is 0 Å². The first-order valence-corrected chi connectivity index (χ1v) is 11.5. The van der Waals surface area contributed by atoms with Crippen LogP contribution in [0.2, 0.25) is 0 Å². The van der Waals surface area contributed by atoms with Crippen molar-refractivity contribution in [1.29, 1.82) is 0 Å². The number of amides is 1. The highest BCUT2D eigenvalue weighted by molar-refractivity contribution is 6.07. The summed E-state index contributed by atoms with van der Waals surface area (Å²) in [6.45, 7) is 8.28. The maximum absolute atomic E-state index is 13.0. The first-order valence-electron chi connectivity index (χ1n) is 11.5. The molecule has 0 saturated carbocycles. The van der Waals surface area contributed by atoms with Gasteiger partial charge in [0.25, 0.3) is 5.91 Å². The van der Waals surface area contributed by atoms with E-state index in [-0.39, 0.29) is 5.91 Å². The van der Waals surface area contributed by atoms with E-state index in [1.807, 2.05) is 54.6 Å². The van der Waals surface area contributed by atoms with Crippen LogP contribution >= 0.6 is 0 Å². The summed E-state index contributed by atoms with van der Waals surface area (Å²) in [5.74, 6) is 1.36. The molecule has 0 aliphatic heterocycles. The van der Waals surface area contributed by atoms with Gasteiger partial charge in [-0.15, -0.1) is 0 Å². The molecule has 0 radical (unpaired) electrons. The lowest BCUT2D eigenvalue weighted by Gasteiger charge is -2.20. The van der Waals surface area contributed by atoms with E-state index in [2.05, 4.69) is 34.4 Å². The van der Waals surface area contributed by atoms with E-state index < -0.39 is 0 Å². The summed E-state index contributed by atoms with van der Waals surface area (Å²) in [7, 11) is 1.64. The number of pyridine rings is 1. The van der Waals surface area contributed by atoms with Crippen molar-refractivity contribution in [3.63, 3.8) is 0 Å². The molecular weight excluding hydrogens is 400 g/mol. The van der Waals surface area contributed by atoms with Crippen molar-refractivity contribution in [2.45, 2.75) is 33.1 Å². The Kier molecular flexibility index (Phi) is 8.87. The molecule has 0 aliphatic carbocycles. The van der Waals surface area contributed by atoms with Crippen molar-refractivity contribution >= 4 is 28.3 Å². The molecule has 2 N–H and O–H groups in total. The van der Waals surface area contributed by atoms with E-state index in [1.54, 1.807) is 7.11 Å². The average Bonchev–Trinajstić information content (AvgIpc) is 2.82. The highest BCUT2D eigenvalue weighted by Crippen LogP contribution is 2.24. The smallest absolute Gasteiger partial charge is 0.252 e. The first kappa shape index (κ1) is 23.5. The summed E-state index contributed by atoms with van der Waals surface area (Å²) in [4.78, 5) is 20.2. The van der Waals surface area contributed by atoms with Crippen LogP contribution in [0.15, 0.2) is 54.6 Å². The normalized spacial score (nSPS) is 11.0. The number of ether oxygens (including phenoxy) is 1. The van der Waals surface area contributed by atoms with Gasteiger partial charge >= 0.3 is 0 Å². The molecule has 170 valence electrons. The quantitative estimate of drug-likeness (QED) is 0.382. The standard InChI is InChI=1S/C26H34N4O2/c1-4-16-30(17-5-2)18-8-15-27-26(31)23-19-25(29-24-10-7-6-9-22(23)24)28-20-11-13-21(32-3)14-12-20/h6-7,9-14,19H,4-5,8,15-18H2,1-3H3,(H,27,31)(H,28,29). The maximum Gasteiger partial charge on any atom is 0.252 e. The van der Waals surface area contributed by atoms with Crippen LogP contribution < -0.4 is 15.4 Å². The Hall–Kier alpha value is -3.12. The van der Waals surface area contributed by atoms with E-state index in [0.29, 0.717) is 17.9 Å². The zero-order valence-electron chi connectivity index (χ0n) is 19.4. The minimum absolute atomic E-state index is 0.0705. The zero-order chi connectivity index (χ0) is 22.8. The number of methoxy groups -OCH3 is 1. The van der Waals surface area contributed by atoms with Crippen LogP contribution in [-0.4, -0.2) is 49.1 Å². The summed E-state index contributed by atoms with van der Waals surface area (Å²) in [6.07, 6.45) is 3.24. The van der Waals surface area contributed by atoms with Crippen LogP contribution in [0.4, 0.5) is 11.5 Å². The fraction of sp³-hybridized carbons (Fsp3) is 0.385. The van der Waals surface area contributed by atoms with Gasteiger partial charge in [-0.25, -0.2) is 4.98 Å². The molecule has 0 atom stereocenters. The Morgan fingerprint density at radius 1 is 1.00 bits per heavy atom. The third kappa shape index (κ3) is 6.44. The second-order valence-electron chi connectivity index (χ2n) is 7.88. The molecule has 0 saturated heterocycles. The number of benzene rings is 2. The number of para-hydroxylation sites is 1. The topological polar surface area (TPSA) is 66.5 Å². The average molecular weight is 435 g/mol. The van der Waals surface area contributed by atoms with E-state index in [9.17, 15) is 4.79 Å². The van der Waals surface area contributed by atoms with Crippen LogP contribution in [0.5, 0.6) is 5.75 Å². The second kappa shape index (κ2) is 12.1. The molecule has 6 nitrogen and oxygen atoms in total. The molecule has 0 aliphatic rings. The predicted octanol–water partition coefficient (Wildman–Crippen LogP) is 5.23. The highest BCUT2D eigenvalue weighted by atomic mass is 16.5. The van der Waals surface area contributed by atoms with Crippen LogP contribution in [0.1, 0.15) is 43.5 Å². The van der Waals surface area contributed by atoms with Gasteiger partial charge in [0.15, 0.2) is 0 Å². The van der Waals surface area contributed by atoms with Crippen molar-refractivity contribution in [3.05, 3.63) is 60.2 Å². The van der Waals surface area contributed by atoms with E-state index in [1.165, 1.54) is 0 Å². The zero-order valence-corrected chi connectivity index (χ0v) is 19.4. The minimum atomic E-state index is -0.0705. The summed E-state index contributed by atoms with van der Waals surface area (Å²) < 4.78 is 5.22. The summed E-state index contributed by atoms with van der Waals surface area (Å²) in [5, 5.41) is 7.25. The van der Waals surface area contributed by atoms with Gasteiger partial charge in [-0.1, -0.05) is 32.0 Å². The number of rotatable bonds is 12. The number of nitrogens with zero attached hydrogens (tertiary/aromatic N) is 2. The monoisotopic (exact) mass is 434 g/mol. The molecule has 3 aromatic rings. The minimum Gasteiger partial charge on any atom is -0.497 e. The van der Waals surface area contributed by atoms with Crippen molar-refractivity contribution in [3.8, 4) is 5.75 Å². The summed E-state index contributed by atoms with van der Waals surface area (Å²) in [5.41, 5.74) is 2.30. The van der Waals surface area contributed by atoms with Crippen LogP contribution in [0.3, 0.4) is 0 Å². The number of fused-ring (bicyclic) bond motifs is 1. The second-order valence-corrected chi connectivity index (χ2v) is 7.88. The van der Waals surface area contributed by atoms with Gasteiger partial charge in [-0.05, 0) is 75.3 Å². The highest BCUT2D eigenvalue weighted by Gasteiger charge is 2.13. The largest absolute Gasteiger partial charge is 0.497 e. The van der Waals surface area contributed by atoms with Crippen molar-refractivity contribution in [1.82, 2.24) is 15.2 Å². The molecule has 1 aromatic heterocycles. The number of hydrogen-bond acceptors (Lipinski definition) is 5. The Morgan fingerprint density at radius 3 is 2.41 bits per heavy atom. The third-order valence-corrected chi connectivity index (χ3v) is 5.34. The fourth-order valence-corrected chi connectivity index (χ4v) is 3.82. The van der Waals surface area contributed by atoms with Gasteiger partial charge < -0.3 is 20.3 Å². The lowest BCUT2D eigenvalue weighted by atomic mass is 10.1. The maximum atomic E-state index is 13.0. The van der Waals surface area contributed by atoms with E-state index in [0.717, 1.165) is 61.2 Å². The molecule has 2 aromatic carbocycles. The fourth-order valence-electron chi connectivity index (χ4n) is 3.82. The molecule has 1 heterocycles. The molecule has 32 heavy (non-hydrogen) atoms. The molecule has 6 heteroatoms. The van der Waals surface area contributed by atoms with Crippen LogP contribution in [0.25, 0.3) is 10.9 Å². The molecular formula is C26H34N4O2. The molecule has 1 amide bonds. The number of anilines is 2. The predicted molar refractivity (Wildman–Crippen MR) is 132 cm³/mol. The lowest BCUT2D eigenvalue weighted by molar-refractivity contribution is 0.0953. The van der Waals surface area contributed by atoms with Gasteiger partial charge in [0.2, 0.25) is 0 Å². The summed E-state index contributed by atoms with van der Waals surface area (Å²) in [6, 6.07) is 17.2. The lowest BCUT2D eigenvalue weighted by Crippen LogP contribution is -2.31. The third-order valence-electron chi connectivity index (χ3n) is 5.34. The van der Waals surface area contributed by atoms with Gasteiger partial charge in [0.1, 0.15) is 11.6 Å². The van der Waals surface area contributed by atoms with E-state index in [4.69, 9.17) is 4.74 Å². The molecule has 0 bridgehead atoms. The SMILES string of the molecule is CCCN(CCC)CCCNC(=O)c1cc(Nc2ccc(OC)cc2)nc2ccccc12. The van der Waals surface area contributed by atoms with E-state index >= 15 is 0 Å². The number of carbonyl (C=O) groups excluding carboxylic acids is 1. The Morgan fingerprint density at radius 2 is 1.72 bits per heavy atom. The molecule has 0 unspecified atom stereocenters. The first-order chi connectivity index (χ1) is 15.6. The summed E-state index contributed by atoms with van der Waals surface area (Å²) >= 11 is 0. The molecule has 3 rings (SSSR count). The van der Waals surface area contributed by atoms with Crippen molar-refractivity contribution in [2.24, 2.45) is 0 Å². The number of carbonyl (C=O) groups is 1. The number of hydrogen-bond donors (Lipinski definition) is 2.